The number of para-hydroxylation sites is 1. The van der Waals surface area contributed by atoms with Gasteiger partial charge in [-0.1, -0.05) is 78.9 Å². The van der Waals surface area contributed by atoms with Crippen molar-refractivity contribution in [2.45, 2.75) is 0 Å². The fourth-order valence-corrected chi connectivity index (χ4v) is 7.23. The molecular formula is C38H22N6S. The summed E-state index contributed by atoms with van der Waals surface area (Å²) < 4.78 is 2.56. The minimum absolute atomic E-state index is 0.494. The zero-order valence-corrected chi connectivity index (χ0v) is 24.6. The van der Waals surface area contributed by atoms with Crippen LogP contribution in [0, 0.1) is 0 Å². The Labute approximate surface area is 261 Å². The van der Waals surface area contributed by atoms with Crippen LogP contribution in [0.4, 0.5) is 0 Å². The average Bonchev–Trinajstić information content (AvgIpc) is 3.51. The Kier molecular flexibility index (Phi) is 5.89. The first-order valence-corrected chi connectivity index (χ1v) is 15.4. The third kappa shape index (κ3) is 4.32. The molecule has 9 rings (SSSR count). The number of thiophene rings is 1. The molecule has 0 aliphatic rings. The average molecular weight is 595 g/mol. The lowest BCUT2D eigenvalue weighted by atomic mass is 9.97. The van der Waals surface area contributed by atoms with Crippen molar-refractivity contribution < 1.29 is 0 Å². The second-order valence-electron chi connectivity index (χ2n) is 10.8. The summed E-state index contributed by atoms with van der Waals surface area (Å²) in [6, 6.07) is 41.2. The molecule has 4 aromatic carbocycles. The van der Waals surface area contributed by atoms with Crippen molar-refractivity contribution >= 4 is 53.2 Å². The van der Waals surface area contributed by atoms with E-state index in [9.17, 15) is 0 Å². The van der Waals surface area contributed by atoms with Gasteiger partial charge in [-0.05, 0) is 42.5 Å². The molecule has 0 radical (unpaired) electrons. The van der Waals surface area contributed by atoms with Crippen molar-refractivity contribution in [3.8, 4) is 45.7 Å². The highest BCUT2D eigenvalue weighted by Gasteiger charge is 2.18. The molecule has 6 nitrogen and oxygen atoms in total. The summed E-state index contributed by atoms with van der Waals surface area (Å²) in [5.74, 6) is 1.53. The summed E-state index contributed by atoms with van der Waals surface area (Å²) in [6.07, 6.45) is 3.48. The van der Waals surface area contributed by atoms with Gasteiger partial charge in [0, 0.05) is 59.9 Å². The molecule has 0 aliphatic heterocycles. The maximum Gasteiger partial charge on any atom is 0.182 e. The van der Waals surface area contributed by atoms with Crippen molar-refractivity contribution in [2.24, 2.45) is 0 Å². The van der Waals surface area contributed by atoms with Crippen LogP contribution in [-0.4, -0.2) is 29.9 Å². The molecule has 7 heteroatoms. The zero-order chi connectivity index (χ0) is 29.7. The number of hydrogen-bond donors (Lipinski definition) is 0. The Bertz CT molecular complexity index is 2490. The molecule has 0 atom stereocenters. The van der Waals surface area contributed by atoms with Gasteiger partial charge in [-0.2, -0.15) is 0 Å². The second kappa shape index (κ2) is 10.4. The maximum absolute atomic E-state index is 5.23. The molecule has 0 saturated carbocycles. The fraction of sp³-hybridized carbons (Fsp3) is 0. The first-order valence-electron chi connectivity index (χ1n) is 14.6. The first-order chi connectivity index (χ1) is 22.3. The van der Waals surface area contributed by atoms with Gasteiger partial charge in [0.25, 0.3) is 0 Å². The van der Waals surface area contributed by atoms with Crippen LogP contribution in [-0.2, 0) is 0 Å². The first kappa shape index (κ1) is 25.6. The minimum Gasteiger partial charge on any atom is -0.253 e. The fourth-order valence-electron chi connectivity index (χ4n) is 5.97. The van der Waals surface area contributed by atoms with Gasteiger partial charge in [0.2, 0.25) is 0 Å². The summed E-state index contributed by atoms with van der Waals surface area (Å²) >= 11 is 1.84. The Morgan fingerprint density at radius 1 is 0.444 bits per heavy atom. The summed E-state index contributed by atoms with van der Waals surface area (Å²) in [7, 11) is 0. The van der Waals surface area contributed by atoms with Gasteiger partial charge < -0.3 is 0 Å². The molecule has 0 bridgehead atoms. The molecule has 9 aromatic rings. The van der Waals surface area contributed by atoms with Crippen LogP contribution in [0.1, 0.15) is 0 Å². The van der Waals surface area contributed by atoms with E-state index < -0.39 is 0 Å². The number of rotatable bonds is 4. The summed E-state index contributed by atoms with van der Waals surface area (Å²) in [6.45, 7) is 0. The van der Waals surface area contributed by atoms with Crippen molar-refractivity contribution in [1.29, 1.82) is 0 Å². The largest absolute Gasteiger partial charge is 0.253 e. The lowest BCUT2D eigenvalue weighted by Crippen LogP contribution is -2.02. The van der Waals surface area contributed by atoms with Gasteiger partial charge in [0.1, 0.15) is 11.4 Å². The standard InChI is InChI=1S/C38H22N6S/c1-3-14-29-27(13-1)33-28(19-18-26-25-12-2-4-17-32(25)45-35(26)33)34(41-29)23-10-9-11-24(22-23)36-42-37(30-15-5-7-20-39-30)44-38(43-36)31-16-6-8-21-40-31/h1-22H. The molecule has 5 heterocycles. The minimum atomic E-state index is 0.494. The van der Waals surface area contributed by atoms with E-state index in [4.69, 9.17) is 19.9 Å². The Morgan fingerprint density at radius 2 is 1.09 bits per heavy atom. The van der Waals surface area contributed by atoms with E-state index in [0.29, 0.717) is 28.9 Å². The smallest absolute Gasteiger partial charge is 0.182 e. The highest BCUT2D eigenvalue weighted by atomic mass is 32.1. The predicted octanol–water partition coefficient (Wildman–Crippen LogP) is 9.40. The molecule has 0 aliphatic carbocycles. The van der Waals surface area contributed by atoms with Crippen LogP contribution in [0.2, 0.25) is 0 Å². The maximum atomic E-state index is 5.23. The summed E-state index contributed by atoms with van der Waals surface area (Å²) in [4.78, 5) is 28.7. The van der Waals surface area contributed by atoms with Gasteiger partial charge in [0.15, 0.2) is 17.5 Å². The van der Waals surface area contributed by atoms with Gasteiger partial charge in [-0.15, -0.1) is 11.3 Å². The summed E-state index contributed by atoms with van der Waals surface area (Å²) in [5, 5.41) is 6.06. The Morgan fingerprint density at radius 3 is 1.84 bits per heavy atom. The molecular weight excluding hydrogens is 573 g/mol. The molecule has 5 aromatic heterocycles. The zero-order valence-electron chi connectivity index (χ0n) is 23.8. The van der Waals surface area contributed by atoms with E-state index in [1.165, 1.54) is 25.6 Å². The Hall–Kier alpha value is -5.92. The van der Waals surface area contributed by atoms with Crippen LogP contribution in [0.25, 0.3) is 87.5 Å². The summed E-state index contributed by atoms with van der Waals surface area (Å²) in [5.41, 5.74) is 5.07. The molecule has 0 unspecified atom stereocenters. The number of aromatic nitrogens is 6. The molecule has 0 saturated heterocycles. The number of nitrogens with zero attached hydrogens (tertiary/aromatic N) is 6. The van der Waals surface area contributed by atoms with E-state index >= 15 is 0 Å². The van der Waals surface area contributed by atoms with Gasteiger partial charge in [-0.25, -0.2) is 19.9 Å². The molecule has 0 N–H and O–H groups in total. The topological polar surface area (TPSA) is 77.3 Å². The highest BCUT2D eigenvalue weighted by Crippen LogP contribution is 2.43. The van der Waals surface area contributed by atoms with Crippen molar-refractivity contribution in [1.82, 2.24) is 29.9 Å². The molecule has 0 amide bonds. The predicted molar refractivity (Wildman–Crippen MR) is 183 cm³/mol. The number of benzene rings is 4. The Balaban J connectivity index is 1.27. The van der Waals surface area contributed by atoms with E-state index in [-0.39, 0.29) is 0 Å². The molecule has 0 spiro atoms. The molecule has 210 valence electrons. The van der Waals surface area contributed by atoms with E-state index in [0.717, 1.165) is 33.1 Å². The van der Waals surface area contributed by atoms with Gasteiger partial charge in [-0.3, -0.25) is 9.97 Å². The third-order valence-electron chi connectivity index (χ3n) is 8.03. The lowest BCUT2D eigenvalue weighted by Gasteiger charge is -2.12. The number of fused-ring (bicyclic) bond motifs is 7. The number of hydrogen-bond acceptors (Lipinski definition) is 7. The molecule has 45 heavy (non-hydrogen) atoms. The number of pyridine rings is 3. The molecule has 0 fully saturated rings. The normalized spacial score (nSPS) is 11.6. The quantitative estimate of drug-likeness (QED) is 0.189. The van der Waals surface area contributed by atoms with E-state index in [1.54, 1.807) is 12.4 Å². The van der Waals surface area contributed by atoms with E-state index in [1.807, 2.05) is 59.9 Å². The van der Waals surface area contributed by atoms with Crippen molar-refractivity contribution in [3.63, 3.8) is 0 Å². The van der Waals surface area contributed by atoms with Crippen LogP contribution < -0.4 is 0 Å². The monoisotopic (exact) mass is 594 g/mol. The van der Waals surface area contributed by atoms with Gasteiger partial charge in [0.05, 0.1) is 11.2 Å². The van der Waals surface area contributed by atoms with Crippen LogP contribution in [0.15, 0.2) is 134 Å². The van der Waals surface area contributed by atoms with Crippen LogP contribution in [0.5, 0.6) is 0 Å². The highest BCUT2D eigenvalue weighted by molar-refractivity contribution is 7.26. The SMILES string of the molecule is c1ccc(-c2nc(-c3cccc(-c4nc5ccccc5c5c4ccc4c6ccccc6sc45)c3)nc(-c3ccccn3)n2)nc1. The van der Waals surface area contributed by atoms with Crippen molar-refractivity contribution in [2.75, 3.05) is 0 Å². The third-order valence-corrected chi connectivity index (χ3v) is 9.23. The van der Waals surface area contributed by atoms with Crippen LogP contribution >= 0.6 is 11.3 Å². The van der Waals surface area contributed by atoms with Crippen LogP contribution in [0.3, 0.4) is 0 Å². The van der Waals surface area contributed by atoms with Crippen molar-refractivity contribution in [3.05, 3.63) is 134 Å². The van der Waals surface area contributed by atoms with E-state index in [2.05, 4.69) is 82.8 Å². The van der Waals surface area contributed by atoms with Gasteiger partial charge >= 0.3 is 0 Å². The second-order valence-corrected chi connectivity index (χ2v) is 11.8. The lowest BCUT2D eigenvalue weighted by molar-refractivity contribution is 1.05.